The molecule has 1 aliphatic heterocycles. The molecular formula is C15H17F2N3O2S2. The Morgan fingerprint density at radius 1 is 1.25 bits per heavy atom. The highest BCUT2D eigenvalue weighted by Crippen LogP contribution is 2.36. The summed E-state index contributed by atoms with van der Waals surface area (Å²) in [7, 11) is -3.33. The van der Waals surface area contributed by atoms with Crippen LogP contribution >= 0.6 is 11.8 Å². The van der Waals surface area contributed by atoms with Crippen molar-refractivity contribution in [1.82, 2.24) is 14.3 Å². The molecule has 0 saturated heterocycles. The van der Waals surface area contributed by atoms with Gasteiger partial charge in [-0.3, -0.25) is 0 Å². The van der Waals surface area contributed by atoms with E-state index in [1.54, 1.807) is 0 Å². The molecule has 2 aromatic rings. The Bertz CT molecular complexity index is 859. The molecule has 0 bridgehead atoms. The number of rotatable bonds is 3. The van der Waals surface area contributed by atoms with Crippen molar-refractivity contribution in [2.24, 2.45) is 0 Å². The molecule has 0 aliphatic carbocycles. The van der Waals surface area contributed by atoms with E-state index in [4.69, 9.17) is 0 Å². The number of sulfonamides is 1. The molecular weight excluding hydrogens is 356 g/mol. The second-order valence-corrected chi connectivity index (χ2v) is 8.86. The third-order valence-corrected chi connectivity index (χ3v) is 6.06. The van der Waals surface area contributed by atoms with Crippen LogP contribution < -0.4 is 4.72 Å². The zero-order valence-electron chi connectivity index (χ0n) is 13.2. The van der Waals surface area contributed by atoms with Gasteiger partial charge in [-0.1, -0.05) is 25.6 Å². The van der Waals surface area contributed by atoms with Gasteiger partial charge in [-0.2, -0.15) is 0 Å². The standard InChI is InChI=1S/C15H17F2N3O2S2/c1-9(2)14-15(23-12-6-10(16)5-11(17)7-12)20-3-4-24(21,22)18-8-13(20)19-14/h5-7,9,18H,3-4,8H2,1-2H3. The number of fused-ring (bicyclic) bond motifs is 1. The molecule has 1 aromatic carbocycles. The van der Waals surface area contributed by atoms with Crippen molar-refractivity contribution in [2.45, 2.75) is 42.8 Å². The first-order chi connectivity index (χ1) is 11.2. The van der Waals surface area contributed by atoms with Gasteiger partial charge < -0.3 is 4.57 Å². The van der Waals surface area contributed by atoms with Gasteiger partial charge in [-0.25, -0.2) is 26.9 Å². The van der Waals surface area contributed by atoms with Crippen LogP contribution in [-0.4, -0.2) is 23.7 Å². The lowest BCUT2D eigenvalue weighted by Gasteiger charge is -2.11. The summed E-state index contributed by atoms with van der Waals surface area (Å²) in [6.45, 7) is 4.32. The Morgan fingerprint density at radius 3 is 2.54 bits per heavy atom. The number of hydrogen-bond acceptors (Lipinski definition) is 4. The molecule has 0 unspecified atom stereocenters. The van der Waals surface area contributed by atoms with Crippen LogP contribution in [0.15, 0.2) is 28.1 Å². The topological polar surface area (TPSA) is 64.0 Å². The predicted octanol–water partition coefficient (Wildman–Crippen LogP) is 2.87. The normalized spacial score (nSPS) is 16.9. The average molecular weight is 373 g/mol. The summed E-state index contributed by atoms with van der Waals surface area (Å²) in [6, 6.07) is 3.33. The van der Waals surface area contributed by atoms with Crippen molar-refractivity contribution in [3.05, 3.63) is 41.4 Å². The molecule has 0 saturated carbocycles. The van der Waals surface area contributed by atoms with Crippen LogP contribution in [0.25, 0.3) is 0 Å². The van der Waals surface area contributed by atoms with E-state index in [0.717, 1.165) is 16.8 Å². The Labute approximate surface area is 143 Å². The summed E-state index contributed by atoms with van der Waals surface area (Å²) in [5.74, 6) is -0.646. The highest BCUT2D eigenvalue weighted by molar-refractivity contribution is 7.99. The minimum atomic E-state index is -3.33. The fourth-order valence-electron chi connectivity index (χ4n) is 2.51. The lowest BCUT2D eigenvalue weighted by atomic mass is 10.1. The average Bonchev–Trinajstić information content (AvgIpc) is 2.72. The maximum atomic E-state index is 13.5. The first kappa shape index (κ1) is 17.4. The summed E-state index contributed by atoms with van der Waals surface area (Å²) < 4.78 is 54.7. The summed E-state index contributed by atoms with van der Waals surface area (Å²) in [4.78, 5) is 4.96. The molecule has 0 radical (unpaired) electrons. The van der Waals surface area contributed by atoms with Gasteiger partial charge in [0, 0.05) is 17.5 Å². The van der Waals surface area contributed by atoms with Gasteiger partial charge in [-0.15, -0.1) is 0 Å². The summed E-state index contributed by atoms with van der Waals surface area (Å²) >= 11 is 1.20. The fraction of sp³-hybridized carbons (Fsp3) is 0.400. The van der Waals surface area contributed by atoms with Crippen LogP contribution in [0.5, 0.6) is 0 Å². The summed E-state index contributed by atoms with van der Waals surface area (Å²) in [6.07, 6.45) is 0. The van der Waals surface area contributed by atoms with Gasteiger partial charge in [0.25, 0.3) is 0 Å². The first-order valence-corrected chi connectivity index (χ1v) is 9.92. The SMILES string of the molecule is CC(C)c1nc2n(c1Sc1cc(F)cc(F)c1)CCS(=O)(=O)NC2. The predicted molar refractivity (Wildman–Crippen MR) is 87.4 cm³/mol. The van der Waals surface area contributed by atoms with E-state index in [1.165, 1.54) is 23.9 Å². The molecule has 9 heteroatoms. The van der Waals surface area contributed by atoms with Crippen LogP contribution in [0.3, 0.4) is 0 Å². The lowest BCUT2D eigenvalue weighted by Crippen LogP contribution is -2.24. The van der Waals surface area contributed by atoms with Crippen LogP contribution in [0, 0.1) is 11.6 Å². The number of benzene rings is 1. The Balaban J connectivity index is 2.04. The minimum Gasteiger partial charge on any atom is -0.321 e. The van der Waals surface area contributed by atoms with E-state index in [2.05, 4.69) is 9.71 Å². The molecule has 24 heavy (non-hydrogen) atoms. The monoisotopic (exact) mass is 373 g/mol. The molecule has 5 nitrogen and oxygen atoms in total. The number of nitrogens with zero attached hydrogens (tertiary/aromatic N) is 2. The van der Waals surface area contributed by atoms with E-state index >= 15 is 0 Å². The van der Waals surface area contributed by atoms with Gasteiger partial charge >= 0.3 is 0 Å². The van der Waals surface area contributed by atoms with Gasteiger partial charge in [0.05, 0.1) is 18.0 Å². The Morgan fingerprint density at radius 2 is 1.92 bits per heavy atom. The fourth-order valence-corrected chi connectivity index (χ4v) is 4.68. The molecule has 2 heterocycles. The third-order valence-electron chi connectivity index (χ3n) is 3.66. The first-order valence-electron chi connectivity index (χ1n) is 7.46. The molecule has 1 aromatic heterocycles. The Kier molecular flexibility index (Phi) is 4.67. The summed E-state index contributed by atoms with van der Waals surface area (Å²) in [5.41, 5.74) is 0.792. The highest BCUT2D eigenvalue weighted by atomic mass is 32.2. The van der Waals surface area contributed by atoms with Crippen molar-refractivity contribution in [1.29, 1.82) is 0 Å². The molecule has 130 valence electrons. The van der Waals surface area contributed by atoms with E-state index in [-0.39, 0.29) is 24.8 Å². The molecule has 0 atom stereocenters. The van der Waals surface area contributed by atoms with Crippen LogP contribution in [0.1, 0.15) is 31.3 Å². The minimum absolute atomic E-state index is 0.0566. The van der Waals surface area contributed by atoms with Gasteiger partial charge in [0.2, 0.25) is 10.0 Å². The van der Waals surface area contributed by atoms with Crippen molar-refractivity contribution in [2.75, 3.05) is 5.75 Å². The van der Waals surface area contributed by atoms with Crippen LogP contribution in [0.4, 0.5) is 8.78 Å². The zero-order chi connectivity index (χ0) is 17.5. The molecule has 3 rings (SSSR count). The third kappa shape index (κ3) is 3.62. The number of halogens is 2. The Hall–Kier alpha value is -1.45. The van der Waals surface area contributed by atoms with Crippen molar-refractivity contribution in [3.8, 4) is 0 Å². The molecule has 1 N–H and O–H groups in total. The second kappa shape index (κ2) is 6.45. The molecule has 0 fully saturated rings. The van der Waals surface area contributed by atoms with E-state index in [0.29, 0.717) is 10.7 Å². The van der Waals surface area contributed by atoms with Crippen molar-refractivity contribution >= 4 is 21.8 Å². The smallest absolute Gasteiger partial charge is 0.213 e. The largest absolute Gasteiger partial charge is 0.321 e. The van der Waals surface area contributed by atoms with Crippen molar-refractivity contribution in [3.63, 3.8) is 0 Å². The van der Waals surface area contributed by atoms with Gasteiger partial charge in [0.15, 0.2) is 0 Å². The maximum Gasteiger partial charge on any atom is 0.213 e. The lowest BCUT2D eigenvalue weighted by molar-refractivity contribution is 0.577. The summed E-state index contributed by atoms with van der Waals surface area (Å²) in [5, 5.41) is 0.726. The molecule has 0 amide bonds. The van der Waals surface area contributed by atoms with Crippen LogP contribution in [0.2, 0.25) is 0 Å². The number of imidazole rings is 1. The molecule has 1 aliphatic rings. The van der Waals surface area contributed by atoms with Crippen molar-refractivity contribution < 1.29 is 17.2 Å². The van der Waals surface area contributed by atoms with E-state index < -0.39 is 21.7 Å². The number of nitrogens with one attached hydrogen (secondary N) is 1. The van der Waals surface area contributed by atoms with Crippen LogP contribution in [-0.2, 0) is 23.1 Å². The van der Waals surface area contributed by atoms with E-state index in [1.807, 2.05) is 18.4 Å². The van der Waals surface area contributed by atoms with Gasteiger partial charge in [0.1, 0.15) is 22.5 Å². The zero-order valence-corrected chi connectivity index (χ0v) is 14.8. The number of hydrogen-bond donors (Lipinski definition) is 1. The van der Waals surface area contributed by atoms with E-state index in [9.17, 15) is 17.2 Å². The highest BCUT2D eigenvalue weighted by Gasteiger charge is 2.25. The maximum absolute atomic E-state index is 13.5. The molecule has 0 spiro atoms. The van der Waals surface area contributed by atoms with Gasteiger partial charge in [-0.05, 0) is 18.1 Å². The second-order valence-electron chi connectivity index (χ2n) is 5.87. The quantitative estimate of drug-likeness (QED) is 0.899. The number of aromatic nitrogens is 2.